The van der Waals surface area contributed by atoms with E-state index in [1.807, 2.05) is 39.0 Å². The number of carbonyl (C=O) groups is 2. The zero-order valence-electron chi connectivity index (χ0n) is 20.3. The monoisotopic (exact) mass is 465 g/mol. The number of hydrogen-bond donors (Lipinski definition) is 1. The molecule has 4 rings (SSSR count). The number of ether oxygens (including phenoxy) is 2. The van der Waals surface area contributed by atoms with Gasteiger partial charge in [-0.25, -0.2) is 5.01 Å². The normalized spacial score (nSPS) is 18.1. The summed E-state index contributed by atoms with van der Waals surface area (Å²) in [4.78, 5) is 28.1. The number of rotatable bonds is 5. The molecule has 2 aromatic carbocycles. The summed E-state index contributed by atoms with van der Waals surface area (Å²) in [6, 6.07) is 10.3. The van der Waals surface area contributed by atoms with Gasteiger partial charge in [-0.3, -0.25) is 9.59 Å². The quantitative estimate of drug-likeness (QED) is 0.729. The van der Waals surface area contributed by atoms with E-state index in [9.17, 15) is 14.7 Å². The van der Waals surface area contributed by atoms with Crippen molar-refractivity contribution in [2.75, 3.05) is 27.3 Å². The Morgan fingerprint density at radius 2 is 1.74 bits per heavy atom. The molecule has 0 bridgehead atoms. The minimum absolute atomic E-state index is 0.0450. The van der Waals surface area contributed by atoms with Crippen LogP contribution in [0.3, 0.4) is 0 Å². The zero-order valence-corrected chi connectivity index (χ0v) is 20.3. The molecule has 1 fully saturated rings. The lowest BCUT2D eigenvalue weighted by atomic mass is 9.83. The minimum Gasteiger partial charge on any atom is -0.508 e. The molecule has 0 aliphatic carbocycles. The van der Waals surface area contributed by atoms with Crippen molar-refractivity contribution in [2.45, 2.75) is 39.7 Å². The van der Waals surface area contributed by atoms with E-state index in [1.54, 1.807) is 36.3 Å². The number of hydrazone groups is 1. The van der Waals surface area contributed by atoms with Gasteiger partial charge in [0, 0.05) is 24.2 Å². The molecular formula is C26H31N3O5. The van der Waals surface area contributed by atoms with Gasteiger partial charge in [0.15, 0.2) is 11.5 Å². The van der Waals surface area contributed by atoms with E-state index in [1.165, 1.54) is 6.07 Å². The summed E-state index contributed by atoms with van der Waals surface area (Å²) in [5.41, 5.74) is 2.05. The number of phenols is 1. The van der Waals surface area contributed by atoms with Gasteiger partial charge in [-0.15, -0.1) is 0 Å². The molecule has 0 aromatic heterocycles. The molecular weight excluding hydrogens is 434 g/mol. The summed E-state index contributed by atoms with van der Waals surface area (Å²) in [5, 5.41) is 16.0. The van der Waals surface area contributed by atoms with Crippen LogP contribution in [0.15, 0.2) is 41.5 Å². The summed E-state index contributed by atoms with van der Waals surface area (Å²) in [6.07, 6.45) is 1.29. The summed E-state index contributed by atoms with van der Waals surface area (Å²) in [5.74, 6) is 1.24. The van der Waals surface area contributed by atoms with Gasteiger partial charge in [0.05, 0.1) is 31.4 Å². The van der Waals surface area contributed by atoms with E-state index in [-0.39, 0.29) is 23.6 Å². The molecule has 0 saturated carbocycles. The first-order valence-electron chi connectivity index (χ1n) is 11.4. The second-order valence-corrected chi connectivity index (χ2v) is 9.32. The number of aromatic hydroxyl groups is 1. The van der Waals surface area contributed by atoms with E-state index in [4.69, 9.17) is 14.6 Å². The van der Waals surface area contributed by atoms with Crippen LogP contribution in [0.5, 0.6) is 17.2 Å². The highest BCUT2D eigenvalue weighted by molar-refractivity contribution is 6.19. The van der Waals surface area contributed by atoms with Crippen LogP contribution in [0.2, 0.25) is 0 Å². The van der Waals surface area contributed by atoms with Crippen molar-refractivity contribution in [3.05, 3.63) is 53.1 Å². The van der Waals surface area contributed by atoms with Crippen molar-refractivity contribution in [3.8, 4) is 17.2 Å². The third kappa shape index (κ3) is 4.08. The molecule has 34 heavy (non-hydrogen) atoms. The van der Waals surface area contributed by atoms with Crippen LogP contribution < -0.4 is 9.47 Å². The van der Waals surface area contributed by atoms with Crippen LogP contribution in [0.4, 0.5) is 0 Å². The van der Waals surface area contributed by atoms with Gasteiger partial charge in [0.25, 0.3) is 11.8 Å². The predicted octanol–water partition coefficient (Wildman–Crippen LogP) is 3.60. The van der Waals surface area contributed by atoms with Crippen molar-refractivity contribution in [1.29, 1.82) is 0 Å². The van der Waals surface area contributed by atoms with Gasteiger partial charge < -0.3 is 19.5 Å². The summed E-state index contributed by atoms with van der Waals surface area (Å²) >= 11 is 0. The van der Waals surface area contributed by atoms with Crippen LogP contribution in [0.1, 0.15) is 48.2 Å². The molecule has 2 aromatic rings. The van der Waals surface area contributed by atoms with Gasteiger partial charge >= 0.3 is 0 Å². The number of likely N-dealkylation sites (tertiary alicyclic amines) is 1. The summed E-state index contributed by atoms with van der Waals surface area (Å²) < 4.78 is 10.8. The van der Waals surface area contributed by atoms with Gasteiger partial charge in [-0.05, 0) is 75.6 Å². The Morgan fingerprint density at radius 1 is 1.06 bits per heavy atom. The first kappa shape index (κ1) is 23.6. The summed E-state index contributed by atoms with van der Waals surface area (Å²) in [6.45, 7) is 6.66. The van der Waals surface area contributed by atoms with Crippen LogP contribution in [0.25, 0.3) is 0 Å². The van der Waals surface area contributed by atoms with Gasteiger partial charge in [-0.1, -0.05) is 0 Å². The molecule has 2 aliphatic heterocycles. The minimum atomic E-state index is -0.782. The number of benzene rings is 2. The Morgan fingerprint density at radius 3 is 2.35 bits per heavy atom. The summed E-state index contributed by atoms with van der Waals surface area (Å²) in [7, 11) is 3.16. The van der Waals surface area contributed by atoms with Crippen LogP contribution in [-0.4, -0.2) is 65.9 Å². The molecule has 2 amide bonds. The Kier molecular flexibility index (Phi) is 6.25. The number of nitrogens with zero attached hydrogens (tertiary/aromatic N) is 3. The molecule has 0 spiro atoms. The fourth-order valence-corrected chi connectivity index (χ4v) is 4.69. The molecule has 8 heteroatoms. The predicted molar refractivity (Wildman–Crippen MR) is 128 cm³/mol. The number of phenolic OH excluding ortho intramolecular Hbond substituents is 1. The Labute approximate surface area is 199 Å². The number of carbonyl (C=O) groups excluding carboxylic acids is 2. The Hall–Kier alpha value is -3.55. The standard InChI is InChI=1S/C26H31N3O5/c1-16-14-19(30)7-8-20(16)24(31)28-12-10-18(11-13-28)29-25(32)26(2,3)23(27-29)17-6-9-21(33-4)22(15-17)34-5/h6-9,14-15,18,30H,10-13H2,1-5H3. The van der Waals surface area contributed by atoms with Crippen molar-refractivity contribution in [3.63, 3.8) is 0 Å². The average Bonchev–Trinajstić information content (AvgIpc) is 3.07. The maximum atomic E-state index is 13.4. The smallest absolute Gasteiger partial charge is 0.254 e. The lowest BCUT2D eigenvalue weighted by Gasteiger charge is -2.35. The molecule has 1 N–H and O–H groups in total. The first-order chi connectivity index (χ1) is 16.2. The zero-order chi connectivity index (χ0) is 24.6. The van der Waals surface area contributed by atoms with Crippen LogP contribution in [0, 0.1) is 12.3 Å². The highest BCUT2D eigenvalue weighted by atomic mass is 16.5. The first-order valence-corrected chi connectivity index (χ1v) is 11.4. The van der Waals surface area contributed by atoms with Crippen LogP contribution in [-0.2, 0) is 4.79 Å². The highest BCUT2D eigenvalue weighted by Gasteiger charge is 2.47. The van der Waals surface area contributed by atoms with Crippen molar-refractivity contribution >= 4 is 17.5 Å². The van der Waals surface area contributed by atoms with Crippen molar-refractivity contribution in [1.82, 2.24) is 9.91 Å². The van der Waals surface area contributed by atoms with Crippen molar-refractivity contribution < 1.29 is 24.2 Å². The molecule has 8 nitrogen and oxygen atoms in total. The maximum Gasteiger partial charge on any atom is 0.254 e. The van der Waals surface area contributed by atoms with Crippen molar-refractivity contribution in [2.24, 2.45) is 10.5 Å². The molecule has 2 heterocycles. The number of aryl methyl sites for hydroxylation is 1. The maximum absolute atomic E-state index is 13.4. The number of amides is 2. The highest BCUT2D eigenvalue weighted by Crippen LogP contribution is 2.37. The Balaban J connectivity index is 1.51. The topological polar surface area (TPSA) is 91.7 Å². The number of piperidine rings is 1. The third-order valence-electron chi connectivity index (χ3n) is 6.74. The fourth-order valence-electron chi connectivity index (χ4n) is 4.69. The van der Waals surface area contributed by atoms with E-state index in [0.717, 1.165) is 11.1 Å². The van der Waals surface area contributed by atoms with E-state index < -0.39 is 5.41 Å². The fraction of sp³-hybridized carbons (Fsp3) is 0.423. The van der Waals surface area contributed by atoms with E-state index >= 15 is 0 Å². The SMILES string of the molecule is COc1ccc(C2=NN(C3CCN(C(=O)c4ccc(O)cc4C)CC3)C(=O)C2(C)C)cc1OC. The lowest BCUT2D eigenvalue weighted by Crippen LogP contribution is -2.47. The van der Waals surface area contributed by atoms with Gasteiger partial charge in [0.1, 0.15) is 5.75 Å². The molecule has 0 radical (unpaired) electrons. The van der Waals surface area contributed by atoms with E-state index in [2.05, 4.69) is 0 Å². The van der Waals surface area contributed by atoms with E-state index in [0.29, 0.717) is 48.7 Å². The molecule has 0 unspecified atom stereocenters. The number of methoxy groups -OCH3 is 2. The van der Waals surface area contributed by atoms with Gasteiger partial charge in [-0.2, -0.15) is 5.10 Å². The second-order valence-electron chi connectivity index (χ2n) is 9.32. The van der Waals surface area contributed by atoms with Gasteiger partial charge in [0.2, 0.25) is 0 Å². The number of hydrogen-bond acceptors (Lipinski definition) is 6. The average molecular weight is 466 g/mol. The molecule has 2 aliphatic rings. The molecule has 180 valence electrons. The molecule has 0 atom stereocenters. The lowest BCUT2D eigenvalue weighted by molar-refractivity contribution is -0.137. The van der Waals surface area contributed by atoms with Crippen LogP contribution >= 0.6 is 0 Å². The Bertz CT molecular complexity index is 1150. The molecule has 1 saturated heterocycles. The second kappa shape index (κ2) is 9.00. The third-order valence-corrected chi connectivity index (χ3v) is 6.74. The largest absolute Gasteiger partial charge is 0.508 e.